The molecule has 10 nitrogen and oxygen atoms in total. The lowest BCUT2D eigenvalue weighted by molar-refractivity contribution is -0.143. The van der Waals surface area contributed by atoms with Crippen molar-refractivity contribution in [1.29, 1.82) is 0 Å². The van der Waals surface area contributed by atoms with Crippen molar-refractivity contribution in [2.75, 3.05) is 0 Å². The number of aromatic amines is 1. The first kappa shape index (κ1) is 31.8. The number of aromatic nitrogens is 1. The smallest absolute Gasteiger partial charge is 0.326 e. The molecule has 10 heteroatoms. The van der Waals surface area contributed by atoms with Gasteiger partial charge in [0.15, 0.2) is 0 Å². The van der Waals surface area contributed by atoms with E-state index in [1.807, 2.05) is 38.1 Å². The van der Waals surface area contributed by atoms with Crippen LogP contribution in [-0.2, 0) is 30.4 Å². The van der Waals surface area contributed by atoms with Crippen LogP contribution in [0.5, 0.6) is 0 Å². The number of carbonyl (C=O) groups is 5. The first-order chi connectivity index (χ1) is 19.5. The standard InChI is InChI=1S/C31H44N4O6/c1-18(2)14-24(29(38)35-27(19(3)4)31(40)41)33-28(37)25(15-20-10-6-5-7-11-20)34-30(39)26(36)16-21-17-32-23-13-9-8-12-22(21)23/h8-9,12-13,17-20,24-25,27,32H,5-7,10-11,14-16H2,1-4H3,(H,33,37)(H,34,39)(H,35,38)(H,40,41)/t24-,25+,27+/m0/s1. The van der Waals surface area contributed by atoms with E-state index in [-0.39, 0.29) is 30.6 Å². The van der Waals surface area contributed by atoms with E-state index in [0.717, 1.165) is 43.0 Å². The van der Waals surface area contributed by atoms with Crippen molar-refractivity contribution in [2.45, 2.75) is 97.2 Å². The number of nitrogens with one attached hydrogen (secondary N) is 4. The molecular weight excluding hydrogens is 524 g/mol. The van der Waals surface area contributed by atoms with E-state index in [1.54, 1.807) is 20.0 Å². The largest absolute Gasteiger partial charge is 0.480 e. The minimum absolute atomic E-state index is 0.0255. The van der Waals surface area contributed by atoms with E-state index in [9.17, 15) is 29.1 Å². The van der Waals surface area contributed by atoms with Gasteiger partial charge in [-0.1, -0.05) is 78.0 Å². The lowest BCUT2D eigenvalue weighted by Crippen LogP contribution is -2.57. The van der Waals surface area contributed by atoms with Crippen LogP contribution < -0.4 is 16.0 Å². The lowest BCUT2D eigenvalue weighted by atomic mass is 9.84. The maximum absolute atomic E-state index is 13.6. The number of carbonyl (C=O) groups excluding carboxylic acids is 4. The van der Waals surface area contributed by atoms with Crippen LogP contribution in [0.2, 0.25) is 0 Å². The number of hydrogen-bond donors (Lipinski definition) is 5. The predicted octanol–water partition coefficient (Wildman–Crippen LogP) is 3.49. The normalized spacial score (nSPS) is 16.2. The quantitative estimate of drug-likeness (QED) is 0.220. The third-order valence-electron chi connectivity index (χ3n) is 7.77. The number of Topliss-reactive ketones (excluding diaryl/α,β-unsaturated/α-hetero) is 1. The van der Waals surface area contributed by atoms with Crippen molar-refractivity contribution in [1.82, 2.24) is 20.9 Å². The summed E-state index contributed by atoms with van der Waals surface area (Å²) in [7, 11) is 0. The van der Waals surface area contributed by atoms with Crippen LogP contribution in [0.4, 0.5) is 0 Å². The topological polar surface area (TPSA) is 157 Å². The Labute approximate surface area is 241 Å². The summed E-state index contributed by atoms with van der Waals surface area (Å²) in [4.78, 5) is 67.5. The highest BCUT2D eigenvalue weighted by atomic mass is 16.4. The highest BCUT2D eigenvalue weighted by Gasteiger charge is 2.33. The Bertz CT molecular complexity index is 1230. The molecule has 41 heavy (non-hydrogen) atoms. The van der Waals surface area contributed by atoms with Crippen LogP contribution in [-0.4, -0.2) is 57.7 Å². The Hall–Kier alpha value is -3.69. The SMILES string of the molecule is CC(C)C[C@H](NC(=O)[C@@H](CC1CCCCC1)NC(=O)C(=O)Cc1c[nH]c2ccccc12)C(=O)N[C@@H](C(=O)O)C(C)C. The molecule has 0 bridgehead atoms. The van der Waals surface area contributed by atoms with Crippen LogP contribution in [0.25, 0.3) is 10.9 Å². The van der Waals surface area contributed by atoms with E-state index in [4.69, 9.17) is 0 Å². The molecule has 3 atom stereocenters. The molecular formula is C31H44N4O6. The van der Waals surface area contributed by atoms with Crippen LogP contribution in [0.15, 0.2) is 30.5 Å². The third kappa shape index (κ3) is 9.16. The van der Waals surface area contributed by atoms with Crippen molar-refractivity contribution in [2.24, 2.45) is 17.8 Å². The Morgan fingerprint density at radius 2 is 1.56 bits per heavy atom. The van der Waals surface area contributed by atoms with Crippen molar-refractivity contribution in [3.05, 3.63) is 36.0 Å². The molecule has 1 aliphatic carbocycles. The lowest BCUT2D eigenvalue weighted by Gasteiger charge is -2.29. The van der Waals surface area contributed by atoms with Gasteiger partial charge in [-0.15, -0.1) is 0 Å². The van der Waals surface area contributed by atoms with Gasteiger partial charge in [0, 0.05) is 23.5 Å². The summed E-state index contributed by atoms with van der Waals surface area (Å²) in [6.07, 6.45) is 7.29. The van der Waals surface area contributed by atoms with Gasteiger partial charge in [0.25, 0.3) is 5.91 Å². The summed E-state index contributed by atoms with van der Waals surface area (Å²) in [6.45, 7) is 7.18. The van der Waals surface area contributed by atoms with Gasteiger partial charge in [0.05, 0.1) is 0 Å². The zero-order valence-electron chi connectivity index (χ0n) is 24.5. The average Bonchev–Trinajstić information content (AvgIpc) is 3.33. The molecule has 1 aliphatic rings. The molecule has 1 aromatic carbocycles. The van der Waals surface area contributed by atoms with E-state index in [2.05, 4.69) is 20.9 Å². The third-order valence-corrected chi connectivity index (χ3v) is 7.77. The molecule has 0 aliphatic heterocycles. The summed E-state index contributed by atoms with van der Waals surface area (Å²) in [6, 6.07) is 4.41. The molecule has 1 aromatic heterocycles. The second kappa shape index (κ2) is 14.8. The van der Waals surface area contributed by atoms with E-state index >= 15 is 0 Å². The predicted molar refractivity (Wildman–Crippen MR) is 156 cm³/mol. The fourth-order valence-corrected chi connectivity index (χ4v) is 5.50. The molecule has 2 aromatic rings. The van der Waals surface area contributed by atoms with Gasteiger partial charge in [-0.3, -0.25) is 19.2 Å². The second-order valence-corrected chi connectivity index (χ2v) is 12.0. The Kier molecular flexibility index (Phi) is 11.5. The van der Waals surface area contributed by atoms with E-state index in [0.29, 0.717) is 12.0 Å². The van der Waals surface area contributed by atoms with Gasteiger partial charge in [-0.2, -0.15) is 0 Å². The number of aliphatic carboxylic acids is 1. The molecule has 1 heterocycles. The van der Waals surface area contributed by atoms with Gasteiger partial charge >= 0.3 is 5.97 Å². The highest BCUT2D eigenvalue weighted by molar-refractivity contribution is 6.37. The van der Waals surface area contributed by atoms with Crippen molar-refractivity contribution >= 4 is 40.4 Å². The summed E-state index contributed by atoms with van der Waals surface area (Å²) >= 11 is 0. The summed E-state index contributed by atoms with van der Waals surface area (Å²) in [5.74, 6) is -3.92. The fourth-order valence-electron chi connectivity index (χ4n) is 5.50. The number of benzene rings is 1. The molecule has 224 valence electrons. The van der Waals surface area contributed by atoms with E-state index in [1.165, 1.54) is 0 Å². The maximum Gasteiger partial charge on any atom is 0.326 e. The fraction of sp³-hybridized carbons (Fsp3) is 0.581. The number of hydrogen-bond acceptors (Lipinski definition) is 5. The van der Waals surface area contributed by atoms with Crippen LogP contribution in [0.1, 0.15) is 78.2 Å². The summed E-state index contributed by atoms with van der Waals surface area (Å²) in [5, 5.41) is 18.4. The molecule has 3 rings (SSSR count). The molecule has 0 spiro atoms. The number of ketones is 1. The molecule has 5 N–H and O–H groups in total. The maximum atomic E-state index is 13.6. The zero-order valence-corrected chi connectivity index (χ0v) is 24.5. The number of carboxylic acids is 1. The first-order valence-corrected chi connectivity index (χ1v) is 14.7. The number of amides is 3. The number of para-hydroxylation sites is 1. The molecule has 0 radical (unpaired) electrons. The summed E-state index contributed by atoms with van der Waals surface area (Å²) < 4.78 is 0. The monoisotopic (exact) mass is 568 g/mol. The van der Waals surface area contributed by atoms with Crippen LogP contribution in [0.3, 0.4) is 0 Å². The van der Waals surface area contributed by atoms with Gasteiger partial charge < -0.3 is 26.0 Å². The zero-order chi connectivity index (χ0) is 30.1. The van der Waals surface area contributed by atoms with Gasteiger partial charge in [0.2, 0.25) is 17.6 Å². The van der Waals surface area contributed by atoms with Gasteiger partial charge in [-0.05, 0) is 42.2 Å². The van der Waals surface area contributed by atoms with E-state index < -0.39 is 47.6 Å². The number of carboxylic acid groups (broad SMARTS) is 1. The second-order valence-electron chi connectivity index (χ2n) is 12.0. The molecule has 0 unspecified atom stereocenters. The molecule has 3 amide bonds. The molecule has 1 fully saturated rings. The van der Waals surface area contributed by atoms with Gasteiger partial charge in [0.1, 0.15) is 18.1 Å². The van der Waals surface area contributed by atoms with Crippen molar-refractivity contribution < 1.29 is 29.1 Å². The average molecular weight is 569 g/mol. The molecule has 1 saturated carbocycles. The van der Waals surface area contributed by atoms with Crippen molar-refractivity contribution in [3.63, 3.8) is 0 Å². The Morgan fingerprint density at radius 1 is 0.902 bits per heavy atom. The van der Waals surface area contributed by atoms with Crippen LogP contribution >= 0.6 is 0 Å². The minimum atomic E-state index is -1.15. The number of rotatable bonds is 14. The Balaban J connectivity index is 1.75. The van der Waals surface area contributed by atoms with Crippen LogP contribution in [0, 0.1) is 17.8 Å². The summed E-state index contributed by atoms with van der Waals surface area (Å²) in [5.41, 5.74) is 1.56. The minimum Gasteiger partial charge on any atom is -0.480 e. The Morgan fingerprint density at radius 3 is 2.20 bits per heavy atom. The van der Waals surface area contributed by atoms with Crippen molar-refractivity contribution in [3.8, 4) is 0 Å². The first-order valence-electron chi connectivity index (χ1n) is 14.7. The van der Waals surface area contributed by atoms with Gasteiger partial charge in [-0.25, -0.2) is 4.79 Å². The highest BCUT2D eigenvalue weighted by Crippen LogP contribution is 2.27. The molecule has 0 saturated heterocycles. The number of H-pyrrole nitrogens is 1. The number of fused-ring (bicyclic) bond motifs is 1.